The first-order chi connectivity index (χ1) is 9.72. The van der Waals surface area contributed by atoms with Gasteiger partial charge in [-0.25, -0.2) is 0 Å². The van der Waals surface area contributed by atoms with Crippen LogP contribution in [0.1, 0.15) is 63.4 Å². The van der Waals surface area contributed by atoms with E-state index in [0.717, 1.165) is 13.1 Å². The van der Waals surface area contributed by atoms with Gasteiger partial charge in [0.05, 0.1) is 0 Å². The fourth-order valence-corrected chi connectivity index (χ4v) is 2.46. The summed E-state index contributed by atoms with van der Waals surface area (Å²) in [5, 5.41) is 7.06. The third-order valence-corrected chi connectivity index (χ3v) is 3.79. The molecular weight excluding hydrogens is 266 g/mol. The van der Waals surface area contributed by atoms with Crippen molar-refractivity contribution in [2.24, 2.45) is 0 Å². The summed E-state index contributed by atoms with van der Waals surface area (Å²) in [5.41, 5.74) is 1.08. The van der Waals surface area contributed by atoms with Gasteiger partial charge in [-0.3, -0.25) is 9.69 Å². The van der Waals surface area contributed by atoms with Gasteiger partial charge in [-0.05, 0) is 26.9 Å². The highest BCUT2D eigenvalue weighted by molar-refractivity contribution is 5.96. The molecule has 1 rings (SSSR count). The molecule has 5 heteroatoms. The molecule has 0 fully saturated rings. The zero-order valence-corrected chi connectivity index (χ0v) is 14.4. The highest BCUT2D eigenvalue weighted by Crippen LogP contribution is 2.26. The molecule has 1 amide bonds. The van der Waals surface area contributed by atoms with E-state index >= 15 is 0 Å². The molecule has 0 aliphatic heterocycles. The first-order valence-corrected chi connectivity index (χ1v) is 7.71. The van der Waals surface area contributed by atoms with Crippen LogP contribution >= 0.6 is 0 Å². The maximum absolute atomic E-state index is 12.5. The smallest absolute Gasteiger partial charge is 0.256 e. The van der Waals surface area contributed by atoms with Crippen molar-refractivity contribution in [3.05, 3.63) is 17.0 Å². The molecule has 21 heavy (non-hydrogen) atoms. The Balaban J connectivity index is 2.80. The lowest BCUT2D eigenvalue weighted by Gasteiger charge is -2.26. The first-order valence-electron chi connectivity index (χ1n) is 7.71. The zero-order chi connectivity index (χ0) is 16.2. The molecule has 0 spiro atoms. The van der Waals surface area contributed by atoms with Crippen LogP contribution in [0.2, 0.25) is 0 Å². The summed E-state index contributed by atoms with van der Waals surface area (Å²) in [6, 6.07) is 0.308. The van der Waals surface area contributed by atoms with Gasteiger partial charge in [0.2, 0.25) is 0 Å². The van der Waals surface area contributed by atoms with Crippen molar-refractivity contribution < 1.29 is 9.32 Å². The van der Waals surface area contributed by atoms with E-state index in [1.807, 2.05) is 20.8 Å². The third-order valence-electron chi connectivity index (χ3n) is 3.79. The van der Waals surface area contributed by atoms with Crippen molar-refractivity contribution in [2.75, 3.05) is 19.6 Å². The van der Waals surface area contributed by atoms with E-state index in [1.165, 1.54) is 0 Å². The van der Waals surface area contributed by atoms with Crippen LogP contribution in [0.5, 0.6) is 0 Å². The number of rotatable bonds is 6. The second-order valence-electron chi connectivity index (χ2n) is 6.49. The fraction of sp³-hybridized carbons (Fsp3) is 0.750. The average Bonchev–Trinajstić information content (AvgIpc) is 2.79. The molecule has 1 aromatic rings. The summed E-state index contributed by atoms with van der Waals surface area (Å²) in [7, 11) is 0. The fourth-order valence-electron chi connectivity index (χ4n) is 2.46. The SMILES string of the molecule is CCN(CC)C(C)CNC(=O)c1c(C(C)(C)C)noc1C. The van der Waals surface area contributed by atoms with Crippen LogP contribution in [0.4, 0.5) is 0 Å². The summed E-state index contributed by atoms with van der Waals surface area (Å²) in [6.45, 7) is 16.8. The Morgan fingerprint density at radius 1 is 1.33 bits per heavy atom. The lowest BCUT2D eigenvalue weighted by atomic mass is 9.88. The van der Waals surface area contributed by atoms with Crippen LogP contribution in [0.25, 0.3) is 0 Å². The second-order valence-corrected chi connectivity index (χ2v) is 6.49. The lowest BCUT2D eigenvalue weighted by Crippen LogP contribution is -2.42. The molecule has 120 valence electrons. The first kappa shape index (κ1) is 17.7. The number of likely N-dealkylation sites (N-methyl/N-ethyl adjacent to an activating group) is 1. The Morgan fingerprint density at radius 2 is 1.90 bits per heavy atom. The molecule has 0 bridgehead atoms. The minimum atomic E-state index is -0.213. The Bertz CT molecular complexity index is 470. The molecule has 0 saturated carbocycles. The minimum Gasteiger partial charge on any atom is -0.361 e. The normalized spacial score (nSPS) is 13.5. The number of hydrogen-bond donors (Lipinski definition) is 1. The summed E-state index contributed by atoms with van der Waals surface area (Å²) in [5.74, 6) is 0.477. The van der Waals surface area contributed by atoms with Crippen molar-refractivity contribution in [1.82, 2.24) is 15.4 Å². The number of aryl methyl sites for hydroxylation is 1. The maximum Gasteiger partial charge on any atom is 0.256 e. The highest BCUT2D eigenvalue weighted by Gasteiger charge is 2.28. The van der Waals surface area contributed by atoms with E-state index < -0.39 is 0 Å². The number of hydrogen-bond acceptors (Lipinski definition) is 4. The zero-order valence-electron chi connectivity index (χ0n) is 14.4. The summed E-state index contributed by atoms with van der Waals surface area (Å²) >= 11 is 0. The monoisotopic (exact) mass is 295 g/mol. The molecule has 0 aliphatic rings. The van der Waals surface area contributed by atoms with Gasteiger partial charge in [0.15, 0.2) is 0 Å². The minimum absolute atomic E-state index is 0.0994. The molecule has 0 radical (unpaired) electrons. The Labute approximate surface area is 128 Å². The molecule has 1 atom stereocenters. The number of carbonyl (C=O) groups is 1. The van der Waals surface area contributed by atoms with Crippen molar-refractivity contribution in [1.29, 1.82) is 0 Å². The average molecular weight is 295 g/mol. The second kappa shape index (κ2) is 7.07. The van der Waals surface area contributed by atoms with E-state index in [9.17, 15) is 4.79 Å². The number of amides is 1. The summed E-state index contributed by atoms with van der Waals surface area (Å²) in [4.78, 5) is 14.8. The van der Waals surface area contributed by atoms with Crippen LogP contribution in [0.3, 0.4) is 0 Å². The van der Waals surface area contributed by atoms with Crippen molar-refractivity contribution >= 4 is 5.91 Å². The van der Waals surface area contributed by atoms with E-state index in [4.69, 9.17) is 4.52 Å². The molecule has 0 aliphatic carbocycles. The molecule has 0 aromatic carbocycles. The number of nitrogens with one attached hydrogen (secondary N) is 1. The van der Waals surface area contributed by atoms with E-state index in [-0.39, 0.29) is 11.3 Å². The summed E-state index contributed by atoms with van der Waals surface area (Å²) < 4.78 is 5.22. The van der Waals surface area contributed by atoms with E-state index in [1.54, 1.807) is 6.92 Å². The molecule has 1 unspecified atom stereocenters. The van der Waals surface area contributed by atoms with Gasteiger partial charge in [-0.1, -0.05) is 39.8 Å². The van der Waals surface area contributed by atoms with E-state index in [2.05, 4.69) is 36.1 Å². The molecule has 1 N–H and O–H groups in total. The quantitative estimate of drug-likeness (QED) is 0.876. The van der Waals surface area contributed by atoms with Crippen LogP contribution in [-0.2, 0) is 5.41 Å². The van der Waals surface area contributed by atoms with Crippen LogP contribution in [-0.4, -0.2) is 41.6 Å². The van der Waals surface area contributed by atoms with Gasteiger partial charge in [0, 0.05) is 18.0 Å². The van der Waals surface area contributed by atoms with Crippen LogP contribution in [0, 0.1) is 6.92 Å². The molecule has 0 saturated heterocycles. The van der Waals surface area contributed by atoms with E-state index in [0.29, 0.717) is 29.6 Å². The standard InChI is InChI=1S/C16H29N3O2/c1-8-19(9-2)11(3)10-17-15(20)13-12(4)21-18-14(13)16(5,6)7/h11H,8-10H2,1-7H3,(H,17,20). The molecule has 1 aromatic heterocycles. The van der Waals surface area contributed by atoms with Crippen molar-refractivity contribution in [3.63, 3.8) is 0 Å². The highest BCUT2D eigenvalue weighted by atomic mass is 16.5. The summed E-state index contributed by atoms with van der Waals surface area (Å²) in [6.07, 6.45) is 0. The van der Waals surface area contributed by atoms with Crippen molar-refractivity contribution in [2.45, 2.75) is 59.9 Å². The van der Waals surface area contributed by atoms with Crippen LogP contribution in [0.15, 0.2) is 4.52 Å². The number of nitrogens with zero attached hydrogens (tertiary/aromatic N) is 2. The number of carbonyl (C=O) groups excluding carboxylic acids is 1. The van der Waals surface area contributed by atoms with Gasteiger partial charge in [-0.15, -0.1) is 0 Å². The third kappa shape index (κ3) is 4.30. The van der Waals surface area contributed by atoms with Gasteiger partial charge in [0.1, 0.15) is 17.0 Å². The lowest BCUT2D eigenvalue weighted by molar-refractivity contribution is 0.0934. The predicted molar refractivity (Wildman–Crippen MR) is 84.7 cm³/mol. The largest absolute Gasteiger partial charge is 0.361 e. The van der Waals surface area contributed by atoms with Gasteiger partial charge in [-0.2, -0.15) is 0 Å². The van der Waals surface area contributed by atoms with Gasteiger partial charge in [0.25, 0.3) is 5.91 Å². The molecule has 5 nitrogen and oxygen atoms in total. The molecular formula is C16H29N3O2. The molecule has 1 heterocycles. The van der Waals surface area contributed by atoms with Gasteiger partial charge >= 0.3 is 0 Å². The Morgan fingerprint density at radius 3 is 2.38 bits per heavy atom. The Kier molecular flexibility index (Phi) is 5.96. The predicted octanol–water partition coefficient (Wildman–Crippen LogP) is 2.74. The Hall–Kier alpha value is -1.36. The topological polar surface area (TPSA) is 58.4 Å². The van der Waals surface area contributed by atoms with Gasteiger partial charge < -0.3 is 9.84 Å². The van der Waals surface area contributed by atoms with Crippen LogP contribution < -0.4 is 5.32 Å². The maximum atomic E-state index is 12.5. The van der Waals surface area contributed by atoms with Crippen molar-refractivity contribution in [3.8, 4) is 0 Å². The number of aromatic nitrogens is 1.